The second kappa shape index (κ2) is 6.95. The van der Waals surface area contributed by atoms with Gasteiger partial charge in [0.15, 0.2) is 0 Å². The van der Waals surface area contributed by atoms with E-state index in [4.69, 9.17) is 0 Å². The molecule has 0 radical (unpaired) electrons. The lowest BCUT2D eigenvalue weighted by molar-refractivity contribution is -0.384. The smallest absolute Gasteiger partial charge is 0.287 e. The molecule has 1 rings (SSSR count). The van der Waals surface area contributed by atoms with Crippen molar-refractivity contribution >= 4 is 23.4 Å². The molecule has 0 aliphatic carbocycles. The summed E-state index contributed by atoms with van der Waals surface area (Å²) in [6.45, 7) is 5.40. The summed E-state index contributed by atoms with van der Waals surface area (Å²) >= 11 is 1.48. The Labute approximate surface area is 127 Å². The van der Waals surface area contributed by atoms with Gasteiger partial charge in [0.25, 0.3) is 11.6 Å². The molecule has 21 heavy (non-hydrogen) atoms. The number of nitrogens with zero attached hydrogens (tertiary/aromatic N) is 2. The third kappa shape index (κ3) is 4.75. The lowest BCUT2D eigenvalue weighted by Gasteiger charge is -2.22. The molecule has 2 N–H and O–H groups in total. The highest BCUT2D eigenvalue weighted by atomic mass is 32.2. The van der Waals surface area contributed by atoms with Crippen molar-refractivity contribution in [2.75, 3.05) is 18.6 Å². The zero-order valence-electron chi connectivity index (χ0n) is 12.6. The van der Waals surface area contributed by atoms with Crippen LogP contribution >= 0.6 is 11.8 Å². The van der Waals surface area contributed by atoms with Crippen molar-refractivity contribution < 1.29 is 14.8 Å². The summed E-state index contributed by atoms with van der Waals surface area (Å²) in [5.41, 5.74) is -0.919. The third-order valence-electron chi connectivity index (χ3n) is 2.92. The van der Waals surface area contributed by atoms with Crippen molar-refractivity contribution in [3.63, 3.8) is 0 Å². The van der Waals surface area contributed by atoms with Crippen LogP contribution in [0.15, 0.2) is 12.3 Å². The monoisotopic (exact) mass is 315 g/mol. The Hall–Kier alpha value is -1.54. The van der Waals surface area contributed by atoms with Crippen molar-refractivity contribution in [2.45, 2.75) is 32.4 Å². The van der Waals surface area contributed by atoms with Crippen molar-refractivity contribution in [3.8, 4) is 0 Å². The molecule has 1 aromatic rings. The summed E-state index contributed by atoms with van der Waals surface area (Å²) in [7, 11) is 0. The van der Waals surface area contributed by atoms with Crippen molar-refractivity contribution in [1.29, 1.82) is 0 Å². The number of aromatic nitrogens is 1. The standard InChI is InChI=1S/C13H21N3O4S/c1-9(2)15-6-10(16(19)20)5-11(15)12(17)14-7-13(3,18)8-21-4/h5-6,9,18H,7-8H2,1-4H3,(H,14,17). The van der Waals surface area contributed by atoms with E-state index in [0.29, 0.717) is 5.75 Å². The van der Waals surface area contributed by atoms with Crippen LogP contribution in [0.5, 0.6) is 0 Å². The SMILES string of the molecule is CSCC(C)(O)CNC(=O)c1cc([N+](=O)[O-])cn1C(C)C. The number of carbonyl (C=O) groups excluding carboxylic acids is 1. The highest BCUT2D eigenvalue weighted by Crippen LogP contribution is 2.20. The number of nitro groups is 1. The molecule has 1 aromatic heterocycles. The Morgan fingerprint density at radius 2 is 2.24 bits per heavy atom. The zero-order valence-corrected chi connectivity index (χ0v) is 13.4. The van der Waals surface area contributed by atoms with Crippen molar-refractivity contribution in [2.24, 2.45) is 0 Å². The third-order valence-corrected chi connectivity index (χ3v) is 3.83. The number of hydrogen-bond acceptors (Lipinski definition) is 5. The largest absolute Gasteiger partial charge is 0.387 e. The fraction of sp³-hybridized carbons (Fsp3) is 0.615. The van der Waals surface area contributed by atoms with Gasteiger partial charge in [-0.2, -0.15) is 11.8 Å². The van der Waals surface area contributed by atoms with Crippen LogP contribution in [-0.4, -0.2) is 44.7 Å². The minimum absolute atomic E-state index is 0.0776. The molecule has 0 saturated carbocycles. The average Bonchev–Trinajstić information content (AvgIpc) is 2.81. The van der Waals surface area contributed by atoms with Crippen LogP contribution in [-0.2, 0) is 0 Å². The van der Waals surface area contributed by atoms with E-state index in [1.54, 1.807) is 11.5 Å². The van der Waals surface area contributed by atoms with Gasteiger partial charge in [-0.05, 0) is 27.0 Å². The number of thioether (sulfide) groups is 1. The molecule has 0 fully saturated rings. The quantitative estimate of drug-likeness (QED) is 0.591. The first-order valence-corrected chi connectivity index (χ1v) is 7.93. The maximum absolute atomic E-state index is 12.2. The molecule has 118 valence electrons. The minimum Gasteiger partial charge on any atom is -0.387 e. The van der Waals surface area contributed by atoms with Gasteiger partial charge in [0, 0.05) is 24.4 Å². The lowest BCUT2D eigenvalue weighted by Crippen LogP contribution is -2.42. The summed E-state index contributed by atoms with van der Waals surface area (Å²) in [6, 6.07) is 1.17. The Bertz CT molecular complexity index is 525. The molecule has 1 unspecified atom stereocenters. The van der Waals surface area contributed by atoms with Crippen LogP contribution in [0.1, 0.15) is 37.3 Å². The second-order valence-electron chi connectivity index (χ2n) is 5.45. The summed E-state index contributed by atoms with van der Waals surface area (Å²) in [4.78, 5) is 22.5. The number of nitrogens with one attached hydrogen (secondary N) is 1. The van der Waals surface area contributed by atoms with Crippen molar-refractivity contribution in [1.82, 2.24) is 9.88 Å². The molecule has 8 heteroatoms. The minimum atomic E-state index is -1.02. The number of carbonyl (C=O) groups is 1. The number of amides is 1. The Morgan fingerprint density at radius 1 is 1.62 bits per heavy atom. The summed E-state index contributed by atoms with van der Waals surface area (Å²) in [5.74, 6) is 0.0525. The highest BCUT2D eigenvalue weighted by molar-refractivity contribution is 7.98. The molecule has 1 heterocycles. The van der Waals surface area contributed by atoms with Crippen LogP contribution in [0.4, 0.5) is 5.69 Å². The fourth-order valence-corrected chi connectivity index (χ4v) is 2.62. The van der Waals surface area contributed by atoms with Gasteiger partial charge in [-0.3, -0.25) is 14.9 Å². The van der Waals surface area contributed by atoms with Crippen LogP contribution < -0.4 is 5.32 Å². The van der Waals surface area contributed by atoms with E-state index in [1.807, 2.05) is 20.1 Å². The number of hydrogen-bond donors (Lipinski definition) is 2. The van der Waals surface area contributed by atoms with Gasteiger partial charge in [-0.15, -0.1) is 0 Å². The molecular weight excluding hydrogens is 294 g/mol. The molecule has 1 amide bonds. The second-order valence-corrected chi connectivity index (χ2v) is 6.32. The Morgan fingerprint density at radius 3 is 2.71 bits per heavy atom. The molecule has 0 aliphatic rings. The van der Waals surface area contributed by atoms with Crippen molar-refractivity contribution in [3.05, 3.63) is 28.1 Å². The van der Waals surface area contributed by atoms with Gasteiger partial charge < -0.3 is 15.0 Å². The van der Waals surface area contributed by atoms with Gasteiger partial charge in [-0.25, -0.2) is 0 Å². The Balaban J connectivity index is 2.89. The van der Waals surface area contributed by atoms with Gasteiger partial charge in [0.2, 0.25) is 0 Å². The first-order valence-electron chi connectivity index (χ1n) is 6.53. The zero-order chi connectivity index (χ0) is 16.2. The predicted molar refractivity (Wildman–Crippen MR) is 82.8 cm³/mol. The van der Waals surface area contributed by atoms with E-state index in [9.17, 15) is 20.0 Å². The summed E-state index contributed by atoms with van der Waals surface area (Å²) in [5, 5.41) is 23.5. The van der Waals surface area contributed by atoms with Crippen LogP contribution in [0, 0.1) is 10.1 Å². The van der Waals surface area contributed by atoms with E-state index in [-0.39, 0.29) is 24.0 Å². The summed E-state index contributed by atoms with van der Waals surface area (Å²) < 4.78 is 1.55. The fourth-order valence-electron chi connectivity index (χ4n) is 1.90. The first kappa shape index (κ1) is 17.5. The Kier molecular flexibility index (Phi) is 5.79. The van der Waals surface area contributed by atoms with Gasteiger partial charge >= 0.3 is 0 Å². The van der Waals surface area contributed by atoms with Crippen LogP contribution in [0.2, 0.25) is 0 Å². The maximum Gasteiger partial charge on any atom is 0.287 e. The molecule has 1 atom stereocenters. The molecular formula is C13H21N3O4S. The van der Waals surface area contributed by atoms with Gasteiger partial charge in [0.05, 0.1) is 16.7 Å². The maximum atomic E-state index is 12.2. The average molecular weight is 315 g/mol. The molecule has 0 saturated heterocycles. The van der Waals surface area contributed by atoms with Gasteiger partial charge in [0.1, 0.15) is 5.69 Å². The van der Waals surface area contributed by atoms with E-state index in [1.165, 1.54) is 24.0 Å². The number of aliphatic hydroxyl groups is 1. The molecule has 7 nitrogen and oxygen atoms in total. The highest BCUT2D eigenvalue weighted by Gasteiger charge is 2.24. The van der Waals surface area contributed by atoms with E-state index in [2.05, 4.69) is 5.32 Å². The van der Waals surface area contributed by atoms with Crippen LogP contribution in [0.25, 0.3) is 0 Å². The molecule has 0 bridgehead atoms. The van der Waals surface area contributed by atoms with Gasteiger partial charge in [-0.1, -0.05) is 0 Å². The van der Waals surface area contributed by atoms with Crippen LogP contribution in [0.3, 0.4) is 0 Å². The normalized spacial score (nSPS) is 14.0. The van der Waals surface area contributed by atoms with E-state index < -0.39 is 16.4 Å². The van der Waals surface area contributed by atoms with E-state index in [0.717, 1.165) is 0 Å². The van der Waals surface area contributed by atoms with E-state index >= 15 is 0 Å². The molecule has 0 aliphatic heterocycles. The molecule has 0 aromatic carbocycles. The molecule has 0 spiro atoms. The topological polar surface area (TPSA) is 97.4 Å². The number of rotatable bonds is 7. The summed E-state index contributed by atoms with van der Waals surface area (Å²) in [6.07, 6.45) is 3.21. The lowest BCUT2D eigenvalue weighted by atomic mass is 10.1. The predicted octanol–water partition coefficient (Wildman–Crippen LogP) is 1.82. The first-order chi connectivity index (χ1) is 9.68.